The zero-order valence-electron chi connectivity index (χ0n) is 16.2. The third kappa shape index (κ3) is 3.76. The Balaban J connectivity index is 1.71. The average molecular weight is 422 g/mol. The van der Waals surface area contributed by atoms with Gasteiger partial charge in [0, 0.05) is 33.7 Å². The number of fused-ring (bicyclic) bond motifs is 1. The Kier molecular flexibility index (Phi) is 5.35. The number of para-hydroxylation sites is 1. The monoisotopic (exact) mass is 421 g/mol. The summed E-state index contributed by atoms with van der Waals surface area (Å²) in [6, 6.07) is 13.8. The molecule has 6 heteroatoms. The second-order valence-corrected chi connectivity index (χ2v) is 8.27. The van der Waals surface area contributed by atoms with Crippen molar-refractivity contribution in [2.24, 2.45) is 4.99 Å². The van der Waals surface area contributed by atoms with E-state index in [0.29, 0.717) is 20.8 Å². The first-order chi connectivity index (χ1) is 14.0. The molecule has 146 valence electrons. The molecule has 0 aliphatic carbocycles. The Morgan fingerprint density at radius 1 is 1.24 bits per heavy atom. The zero-order valence-corrected chi connectivity index (χ0v) is 17.8. The van der Waals surface area contributed by atoms with E-state index in [-0.39, 0.29) is 5.91 Å². The van der Waals surface area contributed by atoms with E-state index in [1.54, 1.807) is 6.07 Å². The molecule has 3 aromatic rings. The minimum Gasteiger partial charge on any atom is -0.340 e. The predicted octanol–water partition coefficient (Wildman–Crippen LogP) is 5.99. The number of carbonyl (C=O) groups excluding carboxylic acids is 1. The van der Waals surface area contributed by atoms with Crippen LogP contribution in [-0.2, 0) is 11.3 Å². The number of halogens is 1. The number of thioether (sulfide) groups is 1. The smallest absolute Gasteiger partial charge is 0.264 e. The van der Waals surface area contributed by atoms with Crippen LogP contribution >= 0.6 is 23.4 Å². The highest BCUT2D eigenvalue weighted by molar-refractivity contribution is 8.18. The van der Waals surface area contributed by atoms with E-state index in [4.69, 9.17) is 11.6 Å². The summed E-state index contributed by atoms with van der Waals surface area (Å²) in [6.45, 7) is 8.59. The fourth-order valence-electron chi connectivity index (χ4n) is 3.38. The highest BCUT2D eigenvalue weighted by atomic mass is 35.5. The molecule has 0 atom stereocenters. The SMILES string of the molecule is C=CCn1c(C)c(/C=C2/SC(=Nc3ccc(C)c(Cl)c3)NC2=O)c2ccccc21. The zero-order chi connectivity index (χ0) is 20.5. The molecular formula is C23H20ClN3OS. The number of rotatable bonds is 4. The van der Waals surface area contributed by atoms with Gasteiger partial charge in [0.15, 0.2) is 5.17 Å². The lowest BCUT2D eigenvalue weighted by Gasteiger charge is -2.04. The fraction of sp³-hybridized carbons (Fsp3) is 0.130. The summed E-state index contributed by atoms with van der Waals surface area (Å²) in [4.78, 5) is 17.7. The second kappa shape index (κ2) is 7.93. The van der Waals surface area contributed by atoms with E-state index >= 15 is 0 Å². The number of benzene rings is 2. The molecule has 2 aromatic carbocycles. The molecule has 1 saturated heterocycles. The summed E-state index contributed by atoms with van der Waals surface area (Å²) in [5.74, 6) is -0.146. The third-order valence-electron chi connectivity index (χ3n) is 4.90. The maximum Gasteiger partial charge on any atom is 0.264 e. The van der Waals surface area contributed by atoms with Crippen LogP contribution in [0.4, 0.5) is 5.69 Å². The van der Waals surface area contributed by atoms with Gasteiger partial charge in [0.2, 0.25) is 0 Å². The first-order valence-electron chi connectivity index (χ1n) is 9.22. The predicted molar refractivity (Wildman–Crippen MR) is 124 cm³/mol. The van der Waals surface area contributed by atoms with Crippen LogP contribution in [0.1, 0.15) is 16.8 Å². The van der Waals surface area contributed by atoms with Gasteiger partial charge in [-0.3, -0.25) is 4.79 Å². The highest BCUT2D eigenvalue weighted by Crippen LogP contribution is 2.33. The summed E-state index contributed by atoms with van der Waals surface area (Å²) in [5, 5.41) is 5.17. The number of amides is 1. The van der Waals surface area contributed by atoms with Gasteiger partial charge in [-0.05, 0) is 55.4 Å². The topological polar surface area (TPSA) is 46.4 Å². The number of amidine groups is 1. The molecule has 0 unspecified atom stereocenters. The molecule has 1 aliphatic heterocycles. The maximum absolute atomic E-state index is 12.6. The Labute approximate surface area is 179 Å². The van der Waals surface area contributed by atoms with E-state index in [1.165, 1.54) is 11.8 Å². The summed E-state index contributed by atoms with van der Waals surface area (Å²) in [5.41, 5.74) is 4.97. The summed E-state index contributed by atoms with van der Waals surface area (Å²) < 4.78 is 2.20. The van der Waals surface area contributed by atoms with Gasteiger partial charge >= 0.3 is 0 Å². The van der Waals surface area contributed by atoms with Crippen LogP contribution in [0.3, 0.4) is 0 Å². The molecule has 1 amide bonds. The molecular weight excluding hydrogens is 402 g/mol. The minimum absolute atomic E-state index is 0.146. The molecule has 0 spiro atoms. The number of aromatic nitrogens is 1. The van der Waals surface area contributed by atoms with Crippen molar-refractivity contribution in [1.82, 2.24) is 9.88 Å². The van der Waals surface area contributed by atoms with Crippen LogP contribution in [-0.4, -0.2) is 15.6 Å². The lowest BCUT2D eigenvalue weighted by atomic mass is 10.1. The lowest BCUT2D eigenvalue weighted by Crippen LogP contribution is -2.19. The van der Waals surface area contributed by atoms with Crippen molar-refractivity contribution in [3.8, 4) is 0 Å². The van der Waals surface area contributed by atoms with Gasteiger partial charge in [-0.25, -0.2) is 4.99 Å². The molecule has 0 saturated carbocycles. The third-order valence-corrected chi connectivity index (χ3v) is 6.22. The quantitative estimate of drug-likeness (QED) is 0.415. The Morgan fingerprint density at radius 3 is 2.79 bits per heavy atom. The molecule has 4 rings (SSSR count). The number of nitrogens with zero attached hydrogens (tertiary/aromatic N) is 2. The van der Waals surface area contributed by atoms with Crippen LogP contribution < -0.4 is 5.32 Å². The van der Waals surface area contributed by atoms with Crippen molar-refractivity contribution >= 4 is 57.1 Å². The van der Waals surface area contributed by atoms with Gasteiger partial charge < -0.3 is 9.88 Å². The molecule has 1 aliphatic rings. The van der Waals surface area contributed by atoms with E-state index in [2.05, 4.69) is 40.5 Å². The van der Waals surface area contributed by atoms with Crippen LogP contribution in [0.5, 0.6) is 0 Å². The largest absolute Gasteiger partial charge is 0.340 e. The van der Waals surface area contributed by atoms with Crippen LogP contribution in [0, 0.1) is 13.8 Å². The van der Waals surface area contributed by atoms with Gasteiger partial charge in [0.1, 0.15) is 0 Å². The summed E-state index contributed by atoms with van der Waals surface area (Å²) in [7, 11) is 0. The van der Waals surface area contributed by atoms with Gasteiger partial charge in [0.25, 0.3) is 5.91 Å². The van der Waals surface area contributed by atoms with E-state index in [1.807, 2.05) is 43.3 Å². The van der Waals surface area contributed by atoms with Gasteiger partial charge in [-0.2, -0.15) is 0 Å². The van der Waals surface area contributed by atoms with Crippen LogP contribution in [0.25, 0.3) is 17.0 Å². The maximum atomic E-state index is 12.6. The van der Waals surface area contributed by atoms with Crippen molar-refractivity contribution in [2.75, 3.05) is 0 Å². The standard InChI is InChI=1S/C23H20ClN3OS/c1-4-11-27-15(3)18(17-7-5-6-8-20(17)27)13-21-22(28)26-23(29-21)25-16-10-9-14(2)19(24)12-16/h4-10,12-13H,1,11H2,2-3H3,(H,25,26,28)/b21-13+. The lowest BCUT2D eigenvalue weighted by molar-refractivity contribution is -0.115. The van der Waals surface area contributed by atoms with Gasteiger partial charge in [0.05, 0.1) is 10.6 Å². The highest BCUT2D eigenvalue weighted by Gasteiger charge is 2.25. The number of hydrogen-bond donors (Lipinski definition) is 1. The molecule has 1 N–H and O–H groups in total. The van der Waals surface area contributed by atoms with Crippen molar-refractivity contribution < 1.29 is 4.79 Å². The van der Waals surface area contributed by atoms with Gasteiger partial charge in [-0.1, -0.05) is 41.9 Å². The summed E-state index contributed by atoms with van der Waals surface area (Å²) in [6.07, 6.45) is 3.83. The fourth-order valence-corrected chi connectivity index (χ4v) is 4.38. The van der Waals surface area contributed by atoms with E-state index in [0.717, 1.165) is 34.3 Å². The molecule has 0 radical (unpaired) electrons. The van der Waals surface area contributed by atoms with Crippen LogP contribution in [0.15, 0.2) is 65.0 Å². The summed E-state index contributed by atoms with van der Waals surface area (Å²) >= 11 is 7.52. The van der Waals surface area contributed by atoms with Crippen molar-refractivity contribution in [1.29, 1.82) is 0 Å². The minimum atomic E-state index is -0.146. The molecule has 2 heterocycles. The average Bonchev–Trinajstić information content (AvgIpc) is 3.17. The van der Waals surface area contributed by atoms with E-state index < -0.39 is 0 Å². The molecule has 1 aromatic heterocycles. The number of aliphatic imine (C=N–C) groups is 1. The van der Waals surface area contributed by atoms with E-state index in [9.17, 15) is 4.79 Å². The Bertz CT molecular complexity index is 1210. The Morgan fingerprint density at radius 2 is 2.03 bits per heavy atom. The molecule has 0 bridgehead atoms. The van der Waals surface area contributed by atoms with Crippen LogP contribution in [0.2, 0.25) is 5.02 Å². The molecule has 4 nitrogen and oxygen atoms in total. The number of hydrogen-bond acceptors (Lipinski definition) is 3. The first kappa shape index (κ1) is 19.6. The Hall–Kier alpha value is -2.76. The molecule has 1 fully saturated rings. The molecule has 29 heavy (non-hydrogen) atoms. The normalized spacial score (nSPS) is 16.7. The second-order valence-electron chi connectivity index (χ2n) is 6.83. The number of carbonyl (C=O) groups is 1. The first-order valence-corrected chi connectivity index (χ1v) is 10.4. The van der Waals surface area contributed by atoms with Crippen molar-refractivity contribution in [3.05, 3.63) is 81.9 Å². The van der Waals surface area contributed by atoms with Crippen molar-refractivity contribution in [2.45, 2.75) is 20.4 Å². The van der Waals surface area contributed by atoms with Crippen molar-refractivity contribution in [3.63, 3.8) is 0 Å². The number of nitrogens with one attached hydrogen (secondary N) is 1. The number of allylic oxidation sites excluding steroid dienone is 1. The van der Waals surface area contributed by atoms with Gasteiger partial charge in [-0.15, -0.1) is 6.58 Å². The number of aryl methyl sites for hydroxylation is 1.